The Kier molecular flexibility index (Phi) is 4.73. The van der Waals surface area contributed by atoms with Crippen molar-refractivity contribution in [2.75, 3.05) is 13.2 Å². The molecule has 0 amide bonds. The zero-order valence-corrected chi connectivity index (χ0v) is 22.4. The fourth-order valence-electron chi connectivity index (χ4n) is 11.3. The number of hydrogen-bond donors (Lipinski definition) is 3. The molecule has 4 heteroatoms. The van der Waals surface area contributed by atoms with Crippen LogP contribution in [0.25, 0.3) is 0 Å². The molecule has 4 saturated carbocycles. The predicted octanol–water partition coefficient (Wildman–Crippen LogP) is 5.10. The van der Waals surface area contributed by atoms with Gasteiger partial charge in [-0.15, -0.1) is 0 Å². The Morgan fingerprint density at radius 3 is 2.29 bits per heavy atom. The van der Waals surface area contributed by atoms with Crippen molar-refractivity contribution in [3.8, 4) is 0 Å². The Labute approximate surface area is 206 Å². The van der Waals surface area contributed by atoms with Crippen LogP contribution in [0, 0.1) is 50.2 Å². The summed E-state index contributed by atoms with van der Waals surface area (Å²) in [6.07, 6.45) is 12.3. The van der Waals surface area contributed by atoms with Crippen molar-refractivity contribution in [2.24, 2.45) is 50.2 Å². The number of hydrogen-bond acceptors (Lipinski definition) is 4. The predicted molar refractivity (Wildman–Crippen MR) is 133 cm³/mol. The molecule has 0 aromatic heterocycles. The first-order valence-electron chi connectivity index (χ1n) is 14.1. The lowest BCUT2D eigenvalue weighted by molar-refractivity contribution is -0.259. The fourth-order valence-corrected chi connectivity index (χ4v) is 11.3. The molecule has 4 nitrogen and oxygen atoms in total. The topological polar surface area (TPSA) is 69.9 Å². The molecular weight excluding hydrogens is 424 g/mol. The van der Waals surface area contributed by atoms with Crippen molar-refractivity contribution < 1.29 is 20.1 Å². The Bertz CT molecular complexity index is 913. The van der Waals surface area contributed by atoms with Gasteiger partial charge in [-0.05, 0) is 79.4 Å². The third-order valence-corrected chi connectivity index (χ3v) is 13.7. The van der Waals surface area contributed by atoms with E-state index in [0.717, 1.165) is 44.9 Å². The van der Waals surface area contributed by atoms with Crippen LogP contribution in [0.1, 0.15) is 92.9 Å². The minimum absolute atomic E-state index is 0.00469. The molecule has 1 spiro atoms. The third-order valence-electron chi connectivity index (χ3n) is 13.7. The molecule has 34 heavy (non-hydrogen) atoms. The van der Waals surface area contributed by atoms with Gasteiger partial charge >= 0.3 is 0 Å². The van der Waals surface area contributed by atoms with Gasteiger partial charge in [0.1, 0.15) is 0 Å². The molecule has 5 fully saturated rings. The SMILES string of the molecule is CC1(C)CC[C@]23CO[C@@]4(C=C[C@@H]5[C@@]6(C)CC[C@H](O)[C@@](C)(CO)[C@@H]6CC[C@@]5(C)[C@]4(C)C[C@@H]2O)[C@H]3C1. The standard InChI is InChI=1S/C30H48O4/c1-24(2)13-14-29-18-34-30(21(29)15-24)12-8-20-25(3)10-9-22(32)26(4,17-31)19(25)7-11-27(20,5)28(30,6)16-23(29)33/h8,12,19-23,31-33H,7,9-11,13-18H2,1-6H3/t19-,20-,21+,22+,23+,25+,26+,27-,28+,29-,30+/m1/s1. The van der Waals surface area contributed by atoms with Crippen LogP contribution in [0.3, 0.4) is 0 Å². The maximum atomic E-state index is 11.8. The molecule has 5 aliphatic carbocycles. The lowest BCUT2D eigenvalue weighted by atomic mass is 9.32. The highest BCUT2D eigenvalue weighted by Gasteiger charge is 2.78. The second kappa shape index (κ2) is 6.71. The van der Waals surface area contributed by atoms with E-state index in [1.165, 1.54) is 6.42 Å². The van der Waals surface area contributed by atoms with Gasteiger partial charge in [0.25, 0.3) is 0 Å². The van der Waals surface area contributed by atoms with E-state index in [-0.39, 0.29) is 45.4 Å². The number of rotatable bonds is 1. The highest BCUT2D eigenvalue weighted by atomic mass is 16.5. The molecular formula is C30H48O4. The summed E-state index contributed by atoms with van der Waals surface area (Å²) < 4.78 is 7.01. The monoisotopic (exact) mass is 472 g/mol. The summed E-state index contributed by atoms with van der Waals surface area (Å²) in [7, 11) is 0. The van der Waals surface area contributed by atoms with Crippen LogP contribution in [0.4, 0.5) is 0 Å². The largest absolute Gasteiger partial charge is 0.396 e. The van der Waals surface area contributed by atoms with E-state index in [4.69, 9.17) is 4.74 Å². The molecule has 0 aromatic carbocycles. The van der Waals surface area contributed by atoms with E-state index >= 15 is 0 Å². The van der Waals surface area contributed by atoms with E-state index < -0.39 is 11.5 Å². The summed E-state index contributed by atoms with van der Waals surface area (Å²) >= 11 is 0. The molecule has 0 unspecified atom stereocenters. The second-order valence-electron chi connectivity index (χ2n) is 15.4. The minimum Gasteiger partial charge on any atom is -0.396 e. The minimum atomic E-state index is -0.448. The zero-order chi connectivity index (χ0) is 24.6. The van der Waals surface area contributed by atoms with E-state index in [1.54, 1.807) is 0 Å². The van der Waals surface area contributed by atoms with Gasteiger partial charge in [0, 0.05) is 22.2 Å². The summed E-state index contributed by atoms with van der Waals surface area (Å²) in [5, 5.41) is 33.2. The molecule has 0 radical (unpaired) electrons. The van der Waals surface area contributed by atoms with Crippen LogP contribution in [0.2, 0.25) is 0 Å². The summed E-state index contributed by atoms with van der Waals surface area (Å²) in [6, 6.07) is 0. The number of fused-ring (bicyclic) bond motifs is 4. The number of aliphatic hydroxyl groups excluding tert-OH is 3. The molecule has 3 N–H and O–H groups in total. The van der Waals surface area contributed by atoms with Crippen LogP contribution in [0.15, 0.2) is 12.2 Å². The van der Waals surface area contributed by atoms with E-state index in [0.29, 0.717) is 24.4 Å². The molecule has 1 heterocycles. The maximum Gasteiger partial charge on any atom is 0.0957 e. The lowest BCUT2D eigenvalue weighted by Gasteiger charge is -2.73. The van der Waals surface area contributed by atoms with Crippen LogP contribution >= 0.6 is 0 Å². The first kappa shape index (κ1) is 23.9. The lowest BCUT2D eigenvalue weighted by Crippen LogP contribution is -2.72. The van der Waals surface area contributed by atoms with Crippen molar-refractivity contribution in [1.29, 1.82) is 0 Å². The number of ether oxygens (including phenoxy) is 1. The van der Waals surface area contributed by atoms with Crippen LogP contribution in [-0.4, -0.2) is 46.3 Å². The molecule has 0 aromatic rings. The van der Waals surface area contributed by atoms with Gasteiger partial charge in [-0.2, -0.15) is 0 Å². The van der Waals surface area contributed by atoms with Gasteiger partial charge in [-0.25, -0.2) is 0 Å². The Balaban J connectivity index is 1.49. The average molecular weight is 473 g/mol. The van der Waals surface area contributed by atoms with Crippen molar-refractivity contribution in [3.63, 3.8) is 0 Å². The number of aliphatic hydroxyl groups is 3. The smallest absolute Gasteiger partial charge is 0.0957 e. The van der Waals surface area contributed by atoms with Gasteiger partial charge in [-0.3, -0.25) is 0 Å². The van der Waals surface area contributed by atoms with Crippen molar-refractivity contribution in [1.82, 2.24) is 0 Å². The Hall–Kier alpha value is -0.420. The van der Waals surface area contributed by atoms with Gasteiger partial charge in [-0.1, -0.05) is 53.7 Å². The van der Waals surface area contributed by atoms with Crippen molar-refractivity contribution >= 4 is 0 Å². The first-order chi connectivity index (χ1) is 15.7. The molecule has 11 atom stereocenters. The molecule has 1 aliphatic heterocycles. The third kappa shape index (κ3) is 2.42. The van der Waals surface area contributed by atoms with Crippen LogP contribution < -0.4 is 0 Å². The van der Waals surface area contributed by atoms with Gasteiger partial charge in [0.2, 0.25) is 0 Å². The van der Waals surface area contributed by atoms with Crippen LogP contribution in [0.5, 0.6) is 0 Å². The van der Waals surface area contributed by atoms with E-state index in [2.05, 4.69) is 53.7 Å². The van der Waals surface area contributed by atoms with E-state index in [9.17, 15) is 15.3 Å². The molecule has 2 bridgehead atoms. The van der Waals surface area contributed by atoms with Gasteiger partial charge < -0.3 is 20.1 Å². The van der Waals surface area contributed by atoms with Crippen molar-refractivity contribution in [3.05, 3.63) is 12.2 Å². The van der Waals surface area contributed by atoms with Gasteiger partial charge in [0.15, 0.2) is 0 Å². The van der Waals surface area contributed by atoms with Gasteiger partial charge in [0.05, 0.1) is 31.0 Å². The summed E-state index contributed by atoms with van der Waals surface area (Å²) in [6.45, 7) is 15.1. The average Bonchev–Trinajstić information content (AvgIpc) is 3.04. The number of allylic oxidation sites excluding steroid dienone is 1. The summed E-state index contributed by atoms with van der Waals surface area (Å²) in [5.41, 5.74) is -0.668. The highest BCUT2D eigenvalue weighted by Crippen LogP contribution is 2.79. The molecule has 6 rings (SSSR count). The van der Waals surface area contributed by atoms with Crippen molar-refractivity contribution in [2.45, 2.75) is 111 Å². The Morgan fingerprint density at radius 1 is 0.853 bits per heavy atom. The zero-order valence-electron chi connectivity index (χ0n) is 22.4. The fraction of sp³-hybridized carbons (Fsp3) is 0.933. The summed E-state index contributed by atoms with van der Waals surface area (Å²) in [4.78, 5) is 0. The molecule has 6 aliphatic rings. The molecule has 1 saturated heterocycles. The maximum absolute atomic E-state index is 11.8. The highest BCUT2D eigenvalue weighted by molar-refractivity contribution is 5.35. The second-order valence-corrected chi connectivity index (χ2v) is 15.4. The quantitative estimate of drug-likeness (QED) is 0.464. The normalized spacial score (nSPS) is 61.7. The van der Waals surface area contributed by atoms with Crippen LogP contribution in [-0.2, 0) is 4.74 Å². The summed E-state index contributed by atoms with van der Waals surface area (Å²) in [5.74, 6) is 1.01. The molecule has 192 valence electrons. The first-order valence-corrected chi connectivity index (χ1v) is 14.1. The van der Waals surface area contributed by atoms with E-state index in [1.807, 2.05) is 0 Å². The Morgan fingerprint density at radius 2 is 1.59 bits per heavy atom.